The maximum Gasteiger partial charge on any atom is 0.289 e. The number of nitro benzene ring substituents is 1. The number of halogens is 1. The second-order valence-corrected chi connectivity index (χ2v) is 6.99. The van der Waals surface area contributed by atoms with Crippen LogP contribution in [0.25, 0.3) is 10.1 Å². The molecule has 5 nitrogen and oxygen atoms in total. The first-order valence-electron chi connectivity index (χ1n) is 7.77. The minimum Gasteiger partial charge on any atom is -0.321 e. The number of aryl methyl sites for hydroxylation is 1. The van der Waals surface area contributed by atoms with E-state index in [1.807, 2.05) is 24.3 Å². The molecule has 0 fully saturated rings. The largest absolute Gasteiger partial charge is 0.321 e. The molecule has 1 heterocycles. The molecule has 25 heavy (non-hydrogen) atoms. The van der Waals surface area contributed by atoms with Gasteiger partial charge in [-0.1, -0.05) is 43.1 Å². The average Bonchev–Trinajstić information content (AvgIpc) is 2.96. The van der Waals surface area contributed by atoms with E-state index in [4.69, 9.17) is 11.6 Å². The topological polar surface area (TPSA) is 72.2 Å². The molecule has 0 bridgehead atoms. The molecule has 7 heteroatoms. The molecule has 3 aromatic rings. The molecular formula is C18H15ClN2O3S. The molecule has 1 amide bonds. The molecule has 0 radical (unpaired) electrons. The molecule has 0 saturated heterocycles. The highest BCUT2D eigenvalue weighted by atomic mass is 35.5. The fourth-order valence-electron chi connectivity index (χ4n) is 2.70. The number of rotatable bonds is 5. The number of anilines is 1. The van der Waals surface area contributed by atoms with E-state index in [0.29, 0.717) is 10.6 Å². The average molecular weight is 375 g/mol. The van der Waals surface area contributed by atoms with Crippen LogP contribution in [0.3, 0.4) is 0 Å². The molecule has 1 N–H and O–H groups in total. The van der Waals surface area contributed by atoms with Gasteiger partial charge in [0.2, 0.25) is 0 Å². The molecule has 0 spiro atoms. The third kappa shape index (κ3) is 3.50. The minimum absolute atomic E-state index is 0.0385. The Morgan fingerprint density at radius 2 is 2.04 bits per heavy atom. The number of carbonyl (C=O) groups is 1. The number of hydrogen-bond acceptors (Lipinski definition) is 4. The third-order valence-electron chi connectivity index (χ3n) is 3.81. The van der Waals surface area contributed by atoms with E-state index in [0.717, 1.165) is 28.5 Å². The Kier molecular flexibility index (Phi) is 5.01. The summed E-state index contributed by atoms with van der Waals surface area (Å²) in [5, 5.41) is 14.9. The second kappa shape index (κ2) is 7.21. The Balaban J connectivity index is 1.96. The molecule has 128 valence electrons. The summed E-state index contributed by atoms with van der Waals surface area (Å²) in [6.45, 7) is 2.07. The van der Waals surface area contributed by atoms with Crippen LogP contribution in [0.1, 0.15) is 28.6 Å². The number of nitrogens with one attached hydrogen (secondary N) is 1. The zero-order valence-corrected chi connectivity index (χ0v) is 15.0. The van der Waals surface area contributed by atoms with Crippen molar-refractivity contribution in [2.24, 2.45) is 0 Å². The Morgan fingerprint density at radius 3 is 2.76 bits per heavy atom. The van der Waals surface area contributed by atoms with Crippen molar-refractivity contribution in [3.8, 4) is 0 Å². The molecule has 0 unspecified atom stereocenters. The van der Waals surface area contributed by atoms with Crippen molar-refractivity contribution in [3.05, 3.63) is 68.0 Å². The van der Waals surface area contributed by atoms with Crippen LogP contribution >= 0.6 is 22.9 Å². The number of thiophene rings is 1. The van der Waals surface area contributed by atoms with Crippen LogP contribution in [0.4, 0.5) is 11.4 Å². The molecule has 3 rings (SSSR count). The van der Waals surface area contributed by atoms with Crippen molar-refractivity contribution in [1.29, 1.82) is 0 Å². The lowest BCUT2D eigenvalue weighted by Gasteiger charge is -2.06. The molecule has 0 aliphatic carbocycles. The van der Waals surface area contributed by atoms with E-state index in [-0.39, 0.29) is 16.6 Å². The van der Waals surface area contributed by atoms with Crippen LogP contribution in [0, 0.1) is 10.1 Å². The first kappa shape index (κ1) is 17.4. The smallest absolute Gasteiger partial charge is 0.289 e. The lowest BCUT2D eigenvalue weighted by molar-refractivity contribution is -0.384. The number of carbonyl (C=O) groups excluding carboxylic acids is 1. The molecular weight excluding hydrogens is 360 g/mol. The summed E-state index contributed by atoms with van der Waals surface area (Å²) in [7, 11) is 0. The first-order valence-corrected chi connectivity index (χ1v) is 8.96. The van der Waals surface area contributed by atoms with E-state index in [1.54, 1.807) is 6.07 Å². The zero-order chi connectivity index (χ0) is 18.0. The monoisotopic (exact) mass is 374 g/mol. The predicted octanol–water partition coefficient (Wildman–Crippen LogP) is 5.67. The van der Waals surface area contributed by atoms with E-state index < -0.39 is 4.92 Å². The summed E-state index contributed by atoms with van der Waals surface area (Å²) in [6, 6.07) is 12.1. The zero-order valence-electron chi connectivity index (χ0n) is 13.4. The van der Waals surface area contributed by atoms with Crippen molar-refractivity contribution in [2.75, 3.05) is 5.32 Å². The normalized spacial score (nSPS) is 10.8. The van der Waals surface area contributed by atoms with Gasteiger partial charge in [0.05, 0.1) is 9.80 Å². The Bertz CT molecular complexity index is 968. The SMILES string of the molecule is CCCc1c(C(=O)Nc2ccc(Cl)c([N+](=O)[O-])c2)sc2ccccc12. The van der Waals surface area contributed by atoms with Gasteiger partial charge in [0.15, 0.2) is 0 Å². The van der Waals surface area contributed by atoms with Crippen LogP contribution < -0.4 is 5.32 Å². The van der Waals surface area contributed by atoms with Crippen LogP contribution in [-0.2, 0) is 6.42 Å². The Hall–Kier alpha value is -2.44. The quantitative estimate of drug-likeness (QED) is 0.462. The number of benzene rings is 2. The van der Waals surface area contributed by atoms with Gasteiger partial charge in [0.1, 0.15) is 5.02 Å². The van der Waals surface area contributed by atoms with Gasteiger partial charge in [-0.05, 0) is 35.6 Å². The lowest BCUT2D eigenvalue weighted by Crippen LogP contribution is -2.12. The summed E-state index contributed by atoms with van der Waals surface area (Å²) in [6.07, 6.45) is 1.72. The van der Waals surface area contributed by atoms with Crippen LogP contribution in [0.15, 0.2) is 42.5 Å². The van der Waals surface area contributed by atoms with Crippen molar-refractivity contribution < 1.29 is 9.72 Å². The molecule has 0 aliphatic rings. The van der Waals surface area contributed by atoms with Gasteiger partial charge in [0.25, 0.3) is 11.6 Å². The maximum absolute atomic E-state index is 12.7. The number of fused-ring (bicyclic) bond motifs is 1. The Morgan fingerprint density at radius 1 is 1.28 bits per heavy atom. The number of hydrogen-bond donors (Lipinski definition) is 1. The standard InChI is InChI=1S/C18H15ClN2O3S/c1-2-5-13-12-6-3-4-7-16(12)25-17(13)18(22)20-11-8-9-14(19)15(10-11)21(23)24/h3-4,6-10H,2,5H2,1H3,(H,20,22). The Labute approximate surface area is 153 Å². The van der Waals surface area contributed by atoms with Crippen LogP contribution in [0.2, 0.25) is 5.02 Å². The van der Waals surface area contributed by atoms with Gasteiger partial charge in [-0.25, -0.2) is 0 Å². The highest BCUT2D eigenvalue weighted by Gasteiger charge is 2.19. The number of nitro groups is 1. The van der Waals surface area contributed by atoms with E-state index in [1.165, 1.54) is 23.5 Å². The predicted molar refractivity (Wildman–Crippen MR) is 102 cm³/mol. The fourth-order valence-corrected chi connectivity index (χ4v) is 4.03. The third-order valence-corrected chi connectivity index (χ3v) is 5.34. The van der Waals surface area contributed by atoms with Crippen molar-refractivity contribution in [1.82, 2.24) is 0 Å². The van der Waals surface area contributed by atoms with Gasteiger partial charge in [-0.2, -0.15) is 0 Å². The summed E-state index contributed by atoms with van der Waals surface area (Å²) in [5.41, 5.74) is 1.13. The van der Waals surface area contributed by atoms with Gasteiger partial charge in [-0.15, -0.1) is 11.3 Å². The second-order valence-electron chi connectivity index (χ2n) is 5.53. The molecule has 0 aliphatic heterocycles. The number of nitrogens with zero attached hydrogens (tertiary/aromatic N) is 1. The van der Waals surface area contributed by atoms with Gasteiger partial charge in [0, 0.05) is 16.5 Å². The molecule has 0 saturated carbocycles. The van der Waals surface area contributed by atoms with E-state index in [2.05, 4.69) is 12.2 Å². The summed E-state index contributed by atoms with van der Waals surface area (Å²) < 4.78 is 1.05. The fraction of sp³-hybridized carbons (Fsp3) is 0.167. The van der Waals surface area contributed by atoms with E-state index >= 15 is 0 Å². The van der Waals surface area contributed by atoms with Crippen LogP contribution in [0.5, 0.6) is 0 Å². The highest BCUT2D eigenvalue weighted by Crippen LogP contribution is 2.33. The van der Waals surface area contributed by atoms with Gasteiger partial charge >= 0.3 is 0 Å². The molecule has 2 aromatic carbocycles. The van der Waals surface area contributed by atoms with Crippen molar-refractivity contribution in [3.63, 3.8) is 0 Å². The summed E-state index contributed by atoms with van der Waals surface area (Å²) in [4.78, 5) is 23.8. The van der Waals surface area contributed by atoms with Gasteiger partial charge in [-0.3, -0.25) is 14.9 Å². The maximum atomic E-state index is 12.7. The van der Waals surface area contributed by atoms with Crippen LogP contribution in [-0.4, -0.2) is 10.8 Å². The van der Waals surface area contributed by atoms with E-state index in [9.17, 15) is 14.9 Å². The summed E-state index contributed by atoms with van der Waals surface area (Å²) >= 11 is 7.25. The lowest BCUT2D eigenvalue weighted by atomic mass is 10.1. The minimum atomic E-state index is -0.570. The number of amides is 1. The highest BCUT2D eigenvalue weighted by molar-refractivity contribution is 7.21. The van der Waals surface area contributed by atoms with Crippen molar-refractivity contribution >= 4 is 50.3 Å². The summed E-state index contributed by atoms with van der Waals surface area (Å²) in [5.74, 6) is -0.263. The van der Waals surface area contributed by atoms with Crippen molar-refractivity contribution in [2.45, 2.75) is 19.8 Å². The molecule has 1 aromatic heterocycles. The van der Waals surface area contributed by atoms with Gasteiger partial charge < -0.3 is 5.32 Å². The first-order chi connectivity index (χ1) is 12.0. The molecule has 0 atom stereocenters.